The minimum atomic E-state index is -0.309. The van der Waals surface area contributed by atoms with E-state index in [-0.39, 0.29) is 5.82 Å². The highest BCUT2D eigenvalue weighted by Crippen LogP contribution is 2.26. The van der Waals surface area contributed by atoms with Gasteiger partial charge < -0.3 is 11.1 Å². The van der Waals surface area contributed by atoms with E-state index in [4.69, 9.17) is 5.73 Å². The van der Waals surface area contributed by atoms with Gasteiger partial charge in [-0.15, -0.1) is 0 Å². The van der Waals surface area contributed by atoms with Crippen molar-refractivity contribution in [2.45, 2.75) is 0 Å². The first-order valence-electron chi connectivity index (χ1n) is 5.86. The number of nitrogens with two attached hydrogens (primary N) is 1. The Morgan fingerprint density at radius 2 is 1.95 bits per heavy atom. The predicted molar refractivity (Wildman–Crippen MR) is 81.3 cm³/mol. The molecule has 0 atom stereocenters. The van der Waals surface area contributed by atoms with Crippen LogP contribution in [0.4, 0.5) is 21.6 Å². The Morgan fingerprint density at radius 1 is 1.10 bits per heavy atom. The van der Waals surface area contributed by atoms with E-state index in [1.165, 1.54) is 12.4 Å². The molecule has 0 fully saturated rings. The number of rotatable bonds is 2. The molecule has 2 aromatic carbocycles. The summed E-state index contributed by atoms with van der Waals surface area (Å²) >= 11 is 3.15. The number of nitrogen functional groups attached to an aromatic ring is 1. The maximum absolute atomic E-state index is 13.2. The summed E-state index contributed by atoms with van der Waals surface area (Å²) in [7, 11) is 0. The Labute approximate surface area is 123 Å². The van der Waals surface area contributed by atoms with E-state index in [1.54, 1.807) is 24.3 Å². The van der Waals surface area contributed by atoms with Gasteiger partial charge in [0.25, 0.3) is 0 Å². The molecule has 100 valence electrons. The zero-order valence-electron chi connectivity index (χ0n) is 10.3. The van der Waals surface area contributed by atoms with Gasteiger partial charge in [0.05, 0.1) is 9.99 Å². The summed E-state index contributed by atoms with van der Waals surface area (Å²) in [5, 5.41) is 4.00. The third-order valence-electron chi connectivity index (χ3n) is 2.84. The van der Waals surface area contributed by atoms with E-state index in [0.717, 1.165) is 16.6 Å². The molecule has 20 heavy (non-hydrogen) atoms. The molecule has 0 bridgehead atoms. The van der Waals surface area contributed by atoms with Crippen molar-refractivity contribution in [1.29, 1.82) is 0 Å². The van der Waals surface area contributed by atoms with Crippen LogP contribution in [-0.2, 0) is 0 Å². The van der Waals surface area contributed by atoms with Crippen LogP contribution in [0.1, 0.15) is 0 Å². The van der Waals surface area contributed by atoms with E-state index >= 15 is 0 Å². The van der Waals surface area contributed by atoms with Gasteiger partial charge in [0.15, 0.2) is 0 Å². The van der Waals surface area contributed by atoms with Gasteiger partial charge in [0.1, 0.15) is 18.0 Å². The fraction of sp³-hybridized carbons (Fsp3) is 0. The zero-order valence-corrected chi connectivity index (χ0v) is 11.9. The number of hydrogen-bond acceptors (Lipinski definition) is 4. The first-order valence-corrected chi connectivity index (χ1v) is 6.65. The summed E-state index contributed by atoms with van der Waals surface area (Å²) in [6.07, 6.45) is 1.46. The van der Waals surface area contributed by atoms with Crippen LogP contribution in [0.2, 0.25) is 0 Å². The topological polar surface area (TPSA) is 63.8 Å². The summed E-state index contributed by atoms with van der Waals surface area (Å²) in [6, 6.07) is 10.1. The normalized spacial score (nSPS) is 10.7. The van der Waals surface area contributed by atoms with E-state index in [9.17, 15) is 4.39 Å². The molecule has 1 heterocycles. The number of halogens is 2. The third kappa shape index (κ3) is 2.42. The first-order chi connectivity index (χ1) is 9.63. The van der Waals surface area contributed by atoms with Crippen molar-refractivity contribution in [1.82, 2.24) is 9.97 Å². The zero-order chi connectivity index (χ0) is 14.1. The average Bonchev–Trinajstić information content (AvgIpc) is 2.43. The standard InChI is InChI=1S/C14H10BrFN4/c15-11-6-9(2-4-12(11)16)20-14-10-3-1-8(17)5-13(10)18-7-19-14/h1-7H,17H2,(H,18,19,20). The highest BCUT2D eigenvalue weighted by molar-refractivity contribution is 9.10. The van der Waals surface area contributed by atoms with Crippen LogP contribution in [0.3, 0.4) is 0 Å². The minimum absolute atomic E-state index is 0.309. The van der Waals surface area contributed by atoms with Crippen molar-refractivity contribution < 1.29 is 4.39 Å². The van der Waals surface area contributed by atoms with Gasteiger partial charge in [-0.3, -0.25) is 0 Å². The maximum atomic E-state index is 13.2. The molecule has 0 spiro atoms. The summed E-state index contributed by atoms with van der Waals surface area (Å²) in [6.45, 7) is 0. The van der Waals surface area contributed by atoms with E-state index in [1.807, 2.05) is 6.07 Å². The van der Waals surface area contributed by atoms with Crippen LogP contribution in [0.25, 0.3) is 10.9 Å². The number of fused-ring (bicyclic) bond motifs is 1. The largest absolute Gasteiger partial charge is 0.399 e. The predicted octanol–water partition coefficient (Wildman–Crippen LogP) is 3.86. The van der Waals surface area contributed by atoms with E-state index in [2.05, 4.69) is 31.2 Å². The maximum Gasteiger partial charge on any atom is 0.141 e. The number of benzene rings is 2. The van der Waals surface area contributed by atoms with Gasteiger partial charge >= 0.3 is 0 Å². The van der Waals surface area contributed by atoms with Crippen LogP contribution in [0, 0.1) is 5.82 Å². The summed E-state index contributed by atoms with van der Waals surface area (Å²) in [5.41, 5.74) is 7.86. The number of hydrogen-bond donors (Lipinski definition) is 2. The SMILES string of the molecule is Nc1ccc2c(Nc3ccc(F)c(Br)c3)ncnc2c1. The lowest BCUT2D eigenvalue weighted by molar-refractivity contribution is 0.621. The Bertz CT molecular complexity index is 791. The molecule has 0 aliphatic carbocycles. The Balaban J connectivity index is 2.04. The van der Waals surface area contributed by atoms with Crippen molar-refractivity contribution in [2.24, 2.45) is 0 Å². The second-order valence-electron chi connectivity index (χ2n) is 4.25. The average molecular weight is 333 g/mol. The number of aromatic nitrogens is 2. The van der Waals surface area contributed by atoms with Crippen molar-refractivity contribution in [2.75, 3.05) is 11.1 Å². The molecule has 0 saturated carbocycles. The molecule has 3 rings (SSSR count). The Morgan fingerprint density at radius 3 is 2.75 bits per heavy atom. The molecule has 1 aromatic heterocycles. The van der Waals surface area contributed by atoms with Crippen LogP contribution in [0.5, 0.6) is 0 Å². The molecular formula is C14H10BrFN4. The van der Waals surface area contributed by atoms with Crippen molar-refractivity contribution in [3.8, 4) is 0 Å². The van der Waals surface area contributed by atoms with Gasteiger partial charge in [-0.2, -0.15) is 0 Å². The molecule has 0 aliphatic rings. The van der Waals surface area contributed by atoms with E-state index < -0.39 is 0 Å². The van der Waals surface area contributed by atoms with Gasteiger partial charge in [0.2, 0.25) is 0 Å². The molecule has 0 aliphatic heterocycles. The van der Waals surface area contributed by atoms with Crippen LogP contribution in [0.15, 0.2) is 47.2 Å². The van der Waals surface area contributed by atoms with Crippen molar-refractivity contribution in [3.05, 3.63) is 53.0 Å². The molecule has 0 saturated heterocycles. The molecular weight excluding hydrogens is 323 g/mol. The molecule has 6 heteroatoms. The lowest BCUT2D eigenvalue weighted by Crippen LogP contribution is -1.97. The molecule has 4 nitrogen and oxygen atoms in total. The number of anilines is 3. The van der Waals surface area contributed by atoms with Crippen molar-refractivity contribution >= 4 is 44.0 Å². The highest BCUT2D eigenvalue weighted by Gasteiger charge is 2.06. The first kappa shape index (κ1) is 12.8. The summed E-state index contributed by atoms with van der Waals surface area (Å²) in [5.74, 6) is 0.337. The second-order valence-corrected chi connectivity index (χ2v) is 5.11. The molecule has 3 aromatic rings. The summed E-state index contributed by atoms with van der Waals surface area (Å²) < 4.78 is 13.6. The Hall–Kier alpha value is -2.21. The quantitative estimate of drug-likeness (QED) is 0.699. The fourth-order valence-electron chi connectivity index (χ4n) is 1.88. The van der Waals surface area contributed by atoms with Gasteiger partial charge in [-0.25, -0.2) is 14.4 Å². The van der Waals surface area contributed by atoms with Crippen LogP contribution < -0.4 is 11.1 Å². The molecule has 3 N–H and O–H groups in total. The Kier molecular flexibility index (Phi) is 3.23. The lowest BCUT2D eigenvalue weighted by atomic mass is 10.2. The van der Waals surface area contributed by atoms with Crippen LogP contribution >= 0.6 is 15.9 Å². The fourth-order valence-corrected chi connectivity index (χ4v) is 2.26. The molecule has 0 unspecified atom stereocenters. The second kappa shape index (κ2) is 5.05. The number of nitrogens with one attached hydrogen (secondary N) is 1. The highest BCUT2D eigenvalue weighted by atomic mass is 79.9. The van der Waals surface area contributed by atoms with Gasteiger partial charge in [-0.1, -0.05) is 0 Å². The number of nitrogens with zero attached hydrogens (tertiary/aromatic N) is 2. The van der Waals surface area contributed by atoms with Crippen LogP contribution in [-0.4, -0.2) is 9.97 Å². The van der Waals surface area contributed by atoms with Crippen molar-refractivity contribution in [3.63, 3.8) is 0 Å². The van der Waals surface area contributed by atoms with E-state index in [0.29, 0.717) is 16.0 Å². The lowest BCUT2D eigenvalue weighted by Gasteiger charge is -2.09. The molecule has 0 amide bonds. The third-order valence-corrected chi connectivity index (χ3v) is 3.45. The smallest absolute Gasteiger partial charge is 0.141 e. The monoisotopic (exact) mass is 332 g/mol. The summed E-state index contributed by atoms with van der Waals surface area (Å²) in [4.78, 5) is 8.39. The van der Waals surface area contributed by atoms with Gasteiger partial charge in [-0.05, 0) is 52.3 Å². The minimum Gasteiger partial charge on any atom is -0.399 e. The molecule has 0 radical (unpaired) electrons. The van der Waals surface area contributed by atoms with Gasteiger partial charge in [0, 0.05) is 16.8 Å².